The van der Waals surface area contributed by atoms with Gasteiger partial charge in [0, 0.05) is 25.3 Å². The van der Waals surface area contributed by atoms with Crippen molar-refractivity contribution < 1.29 is 23.0 Å². The predicted octanol–water partition coefficient (Wildman–Crippen LogP) is 3.41. The molecule has 0 aromatic carbocycles. The normalized spacial score (nSPS) is 24.6. The first-order valence-corrected chi connectivity index (χ1v) is 12.3. The van der Waals surface area contributed by atoms with E-state index in [1.807, 2.05) is 4.68 Å². The number of hydrogen-bond donors (Lipinski definition) is 1. The maximum Gasteiger partial charge on any atom is 0.417 e. The van der Waals surface area contributed by atoms with Gasteiger partial charge in [0.05, 0.1) is 31.2 Å². The van der Waals surface area contributed by atoms with Gasteiger partial charge in [-0.15, -0.1) is 0 Å². The van der Waals surface area contributed by atoms with Crippen LogP contribution in [-0.2, 0) is 10.9 Å². The Morgan fingerprint density at radius 2 is 1.86 bits per heavy atom. The van der Waals surface area contributed by atoms with Crippen molar-refractivity contribution in [3.63, 3.8) is 0 Å². The van der Waals surface area contributed by atoms with Crippen molar-refractivity contribution in [3.8, 4) is 0 Å². The second-order valence-electron chi connectivity index (χ2n) is 9.99. The Bertz CT molecular complexity index is 1240. The summed E-state index contributed by atoms with van der Waals surface area (Å²) in [5.41, 5.74) is 0.560. The minimum absolute atomic E-state index is 0.0208. The summed E-state index contributed by atoms with van der Waals surface area (Å²) < 4.78 is 46.2. The van der Waals surface area contributed by atoms with Gasteiger partial charge in [0.15, 0.2) is 5.65 Å². The summed E-state index contributed by atoms with van der Waals surface area (Å²) in [6.45, 7) is 4.80. The molecule has 3 aliphatic heterocycles. The zero-order valence-corrected chi connectivity index (χ0v) is 19.9. The summed E-state index contributed by atoms with van der Waals surface area (Å²) in [4.78, 5) is 17.5. The Balaban J connectivity index is 1.20. The molecule has 2 unspecified atom stereocenters. The zero-order valence-electron chi connectivity index (χ0n) is 19.9. The van der Waals surface area contributed by atoms with Crippen molar-refractivity contribution in [1.29, 1.82) is 0 Å². The summed E-state index contributed by atoms with van der Waals surface area (Å²) >= 11 is 0. The smallest absolute Gasteiger partial charge is 0.377 e. The predicted molar refractivity (Wildman–Crippen MR) is 125 cm³/mol. The van der Waals surface area contributed by atoms with E-state index in [1.165, 1.54) is 6.07 Å². The number of aliphatic hydroxyl groups excluding tert-OH is 1. The SMILES string of the molecule is CCC1N(c2ccc(C(F)(F)F)cn2)C(O)CC12CCN(c1cnc3cnn(C4COC4)c3n1)CC2. The summed E-state index contributed by atoms with van der Waals surface area (Å²) in [6, 6.07) is 2.56. The van der Waals surface area contributed by atoms with Crippen LogP contribution in [0.3, 0.4) is 0 Å². The third-order valence-corrected chi connectivity index (χ3v) is 8.02. The first-order chi connectivity index (χ1) is 17.3. The number of piperidine rings is 1. The lowest BCUT2D eigenvalue weighted by Crippen LogP contribution is -2.48. The topological polar surface area (TPSA) is 92.4 Å². The fraction of sp³-hybridized carbons (Fsp3) is 0.583. The summed E-state index contributed by atoms with van der Waals surface area (Å²) in [7, 11) is 0. The molecule has 36 heavy (non-hydrogen) atoms. The van der Waals surface area contributed by atoms with Crippen LogP contribution < -0.4 is 9.80 Å². The van der Waals surface area contributed by atoms with E-state index in [2.05, 4.69) is 26.9 Å². The minimum atomic E-state index is -4.44. The monoisotopic (exact) mass is 503 g/mol. The minimum Gasteiger partial charge on any atom is -0.377 e. The molecule has 3 aliphatic rings. The van der Waals surface area contributed by atoms with Crippen LogP contribution in [-0.4, -0.2) is 68.4 Å². The Kier molecular flexibility index (Phi) is 5.56. The van der Waals surface area contributed by atoms with Crippen LogP contribution >= 0.6 is 0 Å². The quantitative estimate of drug-likeness (QED) is 0.579. The summed E-state index contributed by atoms with van der Waals surface area (Å²) in [5.74, 6) is 1.18. The van der Waals surface area contributed by atoms with Crippen molar-refractivity contribution in [2.24, 2.45) is 5.41 Å². The number of anilines is 2. The van der Waals surface area contributed by atoms with Gasteiger partial charge >= 0.3 is 6.18 Å². The van der Waals surface area contributed by atoms with E-state index >= 15 is 0 Å². The number of fused-ring (bicyclic) bond motifs is 1. The largest absolute Gasteiger partial charge is 0.417 e. The van der Waals surface area contributed by atoms with Crippen LogP contribution in [0.4, 0.5) is 24.8 Å². The van der Waals surface area contributed by atoms with Gasteiger partial charge in [-0.05, 0) is 43.2 Å². The van der Waals surface area contributed by atoms with Gasteiger partial charge in [-0.3, -0.25) is 0 Å². The lowest BCUT2D eigenvalue weighted by atomic mass is 9.71. The molecule has 0 saturated carbocycles. The Hall–Kier alpha value is -2.99. The number of ether oxygens (including phenoxy) is 1. The molecule has 12 heteroatoms. The summed E-state index contributed by atoms with van der Waals surface area (Å²) in [6.07, 6.45) is 2.09. The lowest BCUT2D eigenvalue weighted by molar-refractivity contribution is -0.137. The Morgan fingerprint density at radius 1 is 1.08 bits per heavy atom. The molecule has 3 aromatic rings. The van der Waals surface area contributed by atoms with Crippen molar-refractivity contribution in [3.05, 3.63) is 36.3 Å². The van der Waals surface area contributed by atoms with Gasteiger partial charge in [-0.1, -0.05) is 6.92 Å². The fourth-order valence-electron chi connectivity index (χ4n) is 6.06. The van der Waals surface area contributed by atoms with Crippen LogP contribution in [0.5, 0.6) is 0 Å². The van der Waals surface area contributed by atoms with Crippen LogP contribution in [0, 0.1) is 5.41 Å². The highest BCUT2D eigenvalue weighted by molar-refractivity contribution is 5.71. The average molecular weight is 504 g/mol. The Morgan fingerprint density at radius 3 is 2.47 bits per heavy atom. The van der Waals surface area contributed by atoms with E-state index in [1.54, 1.807) is 17.3 Å². The molecule has 1 spiro atoms. The van der Waals surface area contributed by atoms with Gasteiger partial charge in [-0.2, -0.15) is 18.3 Å². The van der Waals surface area contributed by atoms with Gasteiger partial charge in [-0.25, -0.2) is 19.6 Å². The van der Waals surface area contributed by atoms with Crippen LogP contribution in [0.2, 0.25) is 0 Å². The molecule has 0 radical (unpaired) electrons. The highest BCUT2D eigenvalue weighted by Crippen LogP contribution is 2.50. The van der Waals surface area contributed by atoms with Gasteiger partial charge in [0.2, 0.25) is 0 Å². The van der Waals surface area contributed by atoms with E-state index in [0.717, 1.165) is 61.6 Å². The molecule has 3 aromatic heterocycles. The lowest BCUT2D eigenvalue weighted by Gasteiger charge is -2.44. The van der Waals surface area contributed by atoms with Crippen molar-refractivity contribution in [1.82, 2.24) is 24.7 Å². The zero-order chi connectivity index (χ0) is 25.1. The van der Waals surface area contributed by atoms with Crippen molar-refractivity contribution in [2.75, 3.05) is 36.1 Å². The maximum atomic E-state index is 13.0. The molecule has 192 valence electrons. The number of nitrogens with zero attached hydrogens (tertiary/aromatic N) is 7. The molecule has 2 atom stereocenters. The number of alkyl halides is 3. The number of hydrogen-bond acceptors (Lipinski definition) is 8. The maximum absolute atomic E-state index is 13.0. The fourth-order valence-corrected chi connectivity index (χ4v) is 6.06. The van der Waals surface area contributed by atoms with Crippen molar-refractivity contribution in [2.45, 2.75) is 57.1 Å². The summed E-state index contributed by atoms with van der Waals surface area (Å²) in [5, 5.41) is 15.4. The molecule has 9 nitrogen and oxygen atoms in total. The number of halogens is 3. The second-order valence-corrected chi connectivity index (χ2v) is 9.99. The van der Waals surface area contributed by atoms with Crippen LogP contribution in [0.25, 0.3) is 11.2 Å². The molecule has 0 aliphatic carbocycles. The highest BCUT2D eigenvalue weighted by Gasteiger charge is 2.52. The Labute approximate surface area is 205 Å². The van der Waals surface area contributed by atoms with E-state index in [0.29, 0.717) is 25.5 Å². The molecule has 6 rings (SSSR count). The molecule has 0 amide bonds. The van der Waals surface area contributed by atoms with Crippen LogP contribution in [0.1, 0.15) is 44.2 Å². The first kappa shape index (κ1) is 23.4. The van der Waals surface area contributed by atoms with Gasteiger partial charge in [0.1, 0.15) is 29.4 Å². The number of pyridine rings is 1. The standard InChI is InChI=1S/C24H28F3N7O2/c1-2-18-23(9-21(35)33(18)19-4-3-15(10-29-19)24(25,26)27)5-7-32(8-6-23)20-12-28-17-11-30-34(22(17)31-20)16-13-36-14-16/h3-4,10-12,16,18,21,35H,2,5-9,13-14H2,1H3. The second kappa shape index (κ2) is 8.55. The van der Waals surface area contributed by atoms with Gasteiger partial charge in [0.25, 0.3) is 0 Å². The van der Waals surface area contributed by atoms with E-state index in [9.17, 15) is 18.3 Å². The molecule has 1 N–H and O–H groups in total. The number of aromatic nitrogens is 5. The number of aliphatic hydroxyl groups is 1. The molecular formula is C24H28F3N7O2. The third-order valence-electron chi connectivity index (χ3n) is 8.02. The first-order valence-electron chi connectivity index (χ1n) is 12.3. The third kappa shape index (κ3) is 3.78. The van der Waals surface area contributed by atoms with E-state index in [-0.39, 0.29) is 17.5 Å². The molecule has 3 fully saturated rings. The van der Waals surface area contributed by atoms with Gasteiger partial charge < -0.3 is 19.6 Å². The van der Waals surface area contributed by atoms with E-state index in [4.69, 9.17) is 9.72 Å². The van der Waals surface area contributed by atoms with Crippen LogP contribution in [0.15, 0.2) is 30.7 Å². The highest BCUT2D eigenvalue weighted by atomic mass is 19.4. The number of rotatable bonds is 4. The molecule has 6 heterocycles. The molecule has 3 saturated heterocycles. The average Bonchev–Trinajstić information content (AvgIpc) is 3.35. The van der Waals surface area contributed by atoms with E-state index < -0.39 is 18.0 Å². The molecule has 0 bridgehead atoms. The molecular weight excluding hydrogens is 475 g/mol. The van der Waals surface area contributed by atoms with Crippen molar-refractivity contribution >= 4 is 22.8 Å².